The van der Waals surface area contributed by atoms with Crippen LogP contribution in [0.15, 0.2) is 24.3 Å². The molecule has 180 valence electrons. The molecule has 0 bridgehead atoms. The summed E-state index contributed by atoms with van der Waals surface area (Å²) in [6.45, 7) is 8.68. The second-order valence-electron chi connectivity index (χ2n) is 8.51. The summed E-state index contributed by atoms with van der Waals surface area (Å²) in [5.74, 6) is 0. The Morgan fingerprint density at radius 3 is 2.06 bits per heavy atom. The quantitative estimate of drug-likeness (QED) is 0.228. The Morgan fingerprint density at radius 1 is 0.935 bits per heavy atom. The Balaban J connectivity index is 2.01. The van der Waals surface area contributed by atoms with E-state index < -0.39 is 67.5 Å². The third-order valence-corrected chi connectivity index (χ3v) is 5.60. The van der Waals surface area contributed by atoms with Gasteiger partial charge in [0.15, 0.2) is 12.6 Å². The number of hydrogen-bond acceptors (Lipinski definition) is 10. The van der Waals surface area contributed by atoms with Crippen molar-refractivity contribution >= 4 is 0 Å². The molecule has 2 rings (SSSR count). The van der Waals surface area contributed by atoms with Crippen molar-refractivity contribution in [1.82, 2.24) is 0 Å². The first-order chi connectivity index (χ1) is 14.5. The summed E-state index contributed by atoms with van der Waals surface area (Å²) in [4.78, 5) is 0. The second kappa shape index (κ2) is 11.3. The van der Waals surface area contributed by atoms with Crippen LogP contribution in [0.5, 0.6) is 0 Å². The molecule has 0 amide bonds. The summed E-state index contributed by atoms with van der Waals surface area (Å²) in [5.41, 5.74) is 0.287. The summed E-state index contributed by atoms with van der Waals surface area (Å²) >= 11 is 0. The van der Waals surface area contributed by atoms with Crippen LogP contribution in [-0.4, -0.2) is 105 Å². The molecule has 2 heterocycles. The molecule has 6 N–H and O–H groups in total. The summed E-state index contributed by atoms with van der Waals surface area (Å²) in [6, 6.07) is 0. The fourth-order valence-corrected chi connectivity index (χ4v) is 3.47. The first-order valence-electron chi connectivity index (χ1n) is 10.4. The van der Waals surface area contributed by atoms with E-state index in [1.165, 1.54) is 0 Å². The van der Waals surface area contributed by atoms with Gasteiger partial charge in [0.05, 0.1) is 18.8 Å². The zero-order valence-corrected chi connectivity index (χ0v) is 18.2. The van der Waals surface area contributed by atoms with Crippen molar-refractivity contribution in [3.63, 3.8) is 0 Å². The molecule has 2 fully saturated rings. The van der Waals surface area contributed by atoms with Crippen LogP contribution in [0.25, 0.3) is 0 Å². The lowest BCUT2D eigenvalue weighted by Crippen LogP contribution is -2.60. The highest BCUT2D eigenvalue weighted by molar-refractivity contribution is 5.00. The lowest BCUT2D eigenvalue weighted by atomic mass is 9.96. The molecule has 2 aliphatic heterocycles. The van der Waals surface area contributed by atoms with Crippen molar-refractivity contribution in [3.8, 4) is 0 Å². The topological polar surface area (TPSA) is 158 Å². The number of hydrogen-bond donors (Lipinski definition) is 6. The second-order valence-corrected chi connectivity index (χ2v) is 8.51. The fraction of sp³-hybridized carbons (Fsp3) is 0.810. The van der Waals surface area contributed by atoms with Crippen LogP contribution in [0.4, 0.5) is 0 Å². The number of aliphatic hydroxyl groups is 6. The predicted octanol–water partition coefficient (Wildman–Crippen LogP) is -1.04. The maximum atomic E-state index is 10.3. The third kappa shape index (κ3) is 6.55. The largest absolute Gasteiger partial charge is 0.394 e. The van der Waals surface area contributed by atoms with Crippen molar-refractivity contribution in [2.24, 2.45) is 0 Å². The molecule has 1 unspecified atom stereocenters. The molecule has 0 aliphatic carbocycles. The van der Waals surface area contributed by atoms with Gasteiger partial charge in [-0.1, -0.05) is 17.7 Å². The highest BCUT2D eigenvalue weighted by Gasteiger charge is 2.48. The SMILES string of the molecule is C=CC(C)(CCC=C(C)C)O[C@@H]1O[C@H](CO[C@@H]2O[C@@H](CO)[C@H](O)[C@H]2O)[C@@H](O)[C@H](O)[C@H]1O. The zero-order chi connectivity index (χ0) is 23.3. The van der Waals surface area contributed by atoms with Gasteiger partial charge >= 0.3 is 0 Å². The van der Waals surface area contributed by atoms with Gasteiger partial charge in [-0.2, -0.15) is 0 Å². The van der Waals surface area contributed by atoms with E-state index in [0.29, 0.717) is 12.8 Å². The van der Waals surface area contributed by atoms with Gasteiger partial charge in [0, 0.05) is 0 Å². The predicted molar refractivity (Wildman–Crippen MR) is 109 cm³/mol. The van der Waals surface area contributed by atoms with Crippen LogP contribution in [0, 0.1) is 0 Å². The smallest absolute Gasteiger partial charge is 0.187 e. The zero-order valence-electron chi connectivity index (χ0n) is 18.2. The van der Waals surface area contributed by atoms with E-state index in [-0.39, 0.29) is 6.61 Å². The van der Waals surface area contributed by atoms with Crippen LogP contribution < -0.4 is 0 Å². The molecule has 0 radical (unpaired) electrons. The Morgan fingerprint density at radius 2 is 1.52 bits per heavy atom. The third-order valence-electron chi connectivity index (χ3n) is 5.60. The first kappa shape index (κ1) is 26.3. The molecule has 0 aromatic rings. The number of ether oxygens (including phenoxy) is 4. The standard InChI is InChI=1S/C21H36O10/c1-5-21(4,8-6-7-11(2)3)31-20-18(27)16(25)15(24)13(30-20)10-28-19-17(26)14(23)12(9-22)29-19/h5,7,12-20,22-27H,1,6,8-10H2,2-4H3/t12-,13+,14-,15+,16-,17+,18+,19+,20-,21?/m0/s1. The molecule has 31 heavy (non-hydrogen) atoms. The Labute approximate surface area is 182 Å². The molecule has 0 aromatic heterocycles. The Bertz CT molecular complexity index is 609. The number of rotatable bonds is 10. The van der Waals surface area contributed by atoms with E-state index in [4.69, 9.17) is 24.1 Å². The molecule has 2 aliphatic rings. The van der Waals surface area contributed by atoms with Gasteiger partial charge in [0.25, 0.3) is 0 Å². The fourth-order valence-electron chi connectivity index (χ4n) is 3.47. The van der Waals surface area contributed by atoms with E-state index in [9.17, 15) is 25.5 Å². The maximum Gasteiger partial charge on any atom is 0.187 e. The molecule has 2 saturated heterocycles. The molecule has 10 heteroatoms. The van der Waals surface area contributed by atoms with Gasteiger partial charge < -0.3 is 49.6 Å². The van der Waals surface area contributed by atoms with E-state index in [0.717, 1.165) is 5.57 Å². The van der Waals surface area contributed by atoms with Gasteiger partial charge in [0.2, 0.25) is 0 Å². The molecular weight excluding hydrogens is 412 g/mol. The van der Waals surface area contributed by atoms with Crippen LogP contribution >= 0.6 is 0 Å². The van der Waals surface area contributed by atoms with Gasteiger partial charge in [-0.25, -0.2) is 0 Å². The van der Waals surface area contributed by atoms with E-state index >= 15 is 0 Å². The van der Waals surface area contributed by atoms with Crippen LogP contribution in [0.3, 0.4) is 0 Å². The lowest BCUT2D eigenvalue weighted by molar-refractivity contribution is -0.326. The van der Waals surface area contributed by atoms with Gasteiger partial charge in [-0.15, -0.1) is 6.58 Å². The minimum Gasteiger partial charge on any atom is -0.394 e. The minimum atomic E-state index is -1.57. The molecular formula is C21H36O10. The van der Waals surface area contributed by atoms with Crippen molar-refractivity contribution in [1.29, 1.82) is 0 Å². The van der Waals surface area contributed by atoms with Gasteiger partial charge in [-0.05, 0) is 33.6 Å². The number of aliphatic hydroxyl groups excluding tert-OH is 6. The lowest BCUT2D eigenvalue weighted by Gasteiger charge is -2.43. The number of allylic oxidation sites excluding steroid dienone is 2. The average molecular weight is 449 g/mol. The van der Waals surface area contributed by atoms with Crippen LogP contribution in [-0.2, 0) is 18.9 Å². The summed E-state index contributed by atoms with van der Waals surface area (Å²) in [6.07, 6.45) is -7.06. The molecule has 0 aromatic carbocycles. The van der Waals surface area contributed by atoms with E-state index in [1.54, 1.807) is 13.0 Å². The normalized spacial score (nSPS) is 40.4. The maximum absolute atomic E-state index is 10.3. The highest BCUT2D eigenvalue weighted by atomic mass is 16.7. The van der Waals surface area contributed by atoms with Crippen molar-refractivity contribution in [2.75, 3.05) is 13.2 Å². The molecule has 0 spiro atoms. The van der Waals surface area contributed by atoms with E-state index in [2.05, 4.69) is 6.58 Å². The molecule has 0 saturated carbocycles. The minimum absolute atomic E-state index is 0.333. The first-order valence-corrected chi connectivity index (χ1v) is 10.4. The molecule has 10 nitrogen and oxygen atoms in total. The van der Waals surface area contributed by atoms with Crippen molar-refractivity contribution in [3.05, 3.63) is 24.3 Å². The monoisotopic (exact) mass is 448 g/mol. The van der Waals surface area contributed by atoms with Crippen LogP contribution in [0.2, 0.25) is 0 Å². The van der Waals surface area contributed by atoms with Gasteiger partial charge in [-0.3, -0.25) is 0 Å². The van der Waals surface area contributed by atoms with E-state index in [1.807, 2.05) is 19.9 Å². The van der Waals surface area contributed by atoms with Crippen molar-refractivity contribution < 1.29 is 49.6 Å². The molecule has 10 atom stereocenters. The Hall–Kier alpha value is -0.920. The van der Waals surface area contributed by atoms with Crippen molar-refractivity contribution in [2.45, 2.75) is 94.5 Å². The summed E-state index contributed by atoms with van der Waals surface area (Å²) < 4.78 is 22.2. The summed E-state index contributed by atoms with van der Waals surface area (Å²) in [7, 11) is 0. The van der Waals surface area contributed by atoms with Gasteiger partial charge in [0.1, 0.15) is 42.7 Å². The average Bonchev–Trinajstić information content (AvgIpc) is 3.00. The Kier molecular flexibility index (Phi) is 9.58. The van der Waals surface area contributed by atoms with Crippen LogP contribution in [0.1, 0.15) is 33.6 Å². The highest BCUT2D eigenvalue weighted by Crippen LogP contribution is 2.30. The summed E-state index contributed by atoms with van der Waals surface area (Å²) in [5, 5.41) is 59.8.